The average molecular weight is 251 g/mol. The van der Waals surface area contributed by atoms with Gasteiger partial charge in [0, 0.05) is 25.1 Å². The van der Waals surface area contributed by atoms with Crippen molar-refractivity contribution in [1.82, 2.24) is 5.32 Å². The summed E-state index contributed by atoms with van der Waals surface area (Å²) >= 11 is 0. The van der Waals surface area contributed by atoms with Crippen molar-refractivity contribution in [3.63, 3.8) is 0 Å². The van der Waals surface area contributed by atoms with Gasteiger partial charge in [0.05, 0.1) is 7.11 Å². The van der Waals surface area contributed by atoms with Crippen LogP contribution in [0.2, 0.25) is 0 Å². The van der Waals surface area contributed by atoms with Crippen molar-refractivity contribution in [3.8, 4) is 5.75 Å². The van der Waals surface area contributed by atoms with Crippen LogP contribution in [0.3, 0.4) is 0 Å². The molecule has 0 spiro atoms. The Labute approximate surface area is 108 Å². The molecular weight excluding hydrogens is 230 g/mol. The number of carbonyl (C=O) groups excluding carboxylic acids is 1. The maximum absolute atomic E-state index is 11.5. The highest BCUT2D eigenvalue weighted by Gasteiger charge is 2.09. The number of methoxy groups -OCH3 is 1. The van der Waals surface area contributed by atoms with Gasteiger partial charge in [0.1, 0.15) is 5.75 Å². The highest BCUT2D eigenvalue weighted by molar-refractivity contribution is 5.76. The monoisotopic (exact) mass is 251 g/mol. The molecule has 1 aromatic carbocycles. The maximum Gasteiger partial charge on any atom is 0.220 e. The van der Waals surface area contributed by atoms with Gasteiger partial charge in [-0.2, -0.15) is 0 Å². The number of carbonyl (C=O) groups is 1. The Balaban J connectivity index is 2.69. The van der Waals surface area contributed by atoms with E-state index in [0.717, 1.165) is 22.4 Å². The van der Waals surface area contributed by atoms with Crippen LogP contribution in [-0.2, 0) is 11.3 Å². The highest BCUT2D eigenvalue weighted by atomic mass is 16.5. The van der Waals surface area contributed by atoms with Gasteiger partial charge in [-0.3, -0.25) is 4.79 Å². The van der Waals surface area contributed by atoms with Crippen LogP contribution in [0.5, 0.6) is 5.75 Å². The number of aliphatic hydroxyl groups excluding tert-OH is 1. The molecule has 0 saturated heterocycles. The van der Waals surface area contributed by atoms with E-state index < -0.39 is 0 Å². The normalized spacial score (nSPS) is 10.2. The summed E-state index contributed by atoms with van der Waals surface area (Å²) in [6.07, 6.45) is 0.847. The number of hydrogen-bond donors (Lipinski definition) is 2. The van der Waals surface area contributed by atoms with Crippen LogP contribution in [0.15, 0.2) is 12.1 Å². The van der Waals surface area contributed by atoms with Crippen LogP contribution >= 0.6 is 0 Å². The van der Waals surface area contributed by atoms with E-state index in [2.05, 4.69) is 11.4 Å². The van der Waals surface area contributed by atoms with Gasteiger partial charge in [-0.05, 0) is 37.5 Å². The molecular formula is C14H21NO3. The number of amides is 1. The SMILES string of the molecule is COc1cc(C)cc(C)c1CNC(=O)CCCO. The van der Waals surface area contributed by atoms with Crippen LogP contribution in [0.1, 0.15) is 29.5 Å². The van der Waals surface area contributed by atoms with E-state index >= 15 is 0 Å². The lowest BCUT2D eigenvalue weighted by Crippen LogP contribution is -2.23. The smallest absolute Gasteiger partial charge is 0.220 e. The molecule has 4 heteroatoms. The van der Waals surface area contributed by atoms with Crippen molar-refractivity contribution in [2.24, 2.45) is 0 Å². The molecule has 0 aromatic heterocycles. The van der Waals surface area contributed by atoms with Gasteiger partial charge in [0.25, 0.3) is 0 Å². The molecule has 1 amide bonds. The molecule has 0 saturated carbocycles. The fourth-order valence-electron chi connectivity index (χ4n) is 1.88. The minimum absolute atomic E-state index is 0.0420. The molecule has 0 aliphatic rings. The van der Waals surface area contributed by atoms with Crippen molar-refractivity contribution in [2.75, 3.05) is 13.7 Å². The third-order valence-corrected chi connectivity index (χ3v) is 2.82. The second-order valence-electron chi connectivity index (χ2n) is 4.37. The third-order valence-electron chi connectivity index (χ3n) is 2.82. The van der Waals surface area contributed by atoms with Crippen LogP contribution < -0.4 is 10.1 Å². The van der Waals surface area contributed by atoms with E-state index in [4.69, 9.17) is 9.84 Å². The van der Waals surface area contributed by atoms with Crippen LogP contribution in [0, 0.1) is 13.8 Å². The van der Waals surface area contributed by atoms with Gasteiger partial charge in [0.2, 0.25) is 5.91 Å². The van der Waals surface area contributed by atoms with E-state index in [-0.39, 0.29) is 12.5 Å². The Bertz CT molecular complexity index is 416. The summed E-state index contributed by atoms with van der Waals surface area (Å²) in [7, 11) is 1.63. The van der Waals surface area contributed by atoms with E-state index in [0.29, 0.717) is 19.4 Å². The first-order valence-corrected chi connectivity index (χ1v) is 6.10. The summed E-state index contributed by atoms with van der Waals surface area (Å²) in [5.41, 5.74) is 3.24. The van der Waals surface area contributed by atoms with Gasteiger partial charge in [-0.15, -0.1) is 0 Å². The Hall–Kier alpha value is -1.55. The predicted molar refractivity (Wildman–Crippen MR) is 70.6 cm³/mol. The number of hydrogen-bond acceptors (Lipinski definition) is 3. The molecule has 18 heavy (non-hydrogen) atoms. The van der Waals surface area contributed by atoms with Crippen LogP contribution in [0.4, 0.5) is 0 Å². The first-order chi connectivity index (χ1) is 8.58. The first-order valence-electron chi connectivity index (χ1n) is 6.10. The highest BCUT2D eigenvalue weighted by Crippen LogP contribution is 2.23. The third kappa shape index (κ3) is 4.04. The molecule has 4 nitrogen and oxygen atoms in total. The Morgan fingerprint density at radius 1 is 1.39 bits per heavy atom. The van der Waals surface area contributed by atoms with Gasteiger partial charge in [-0.1, -0.05) is 6.07 Å². The minimum Gasteiger partial charge on any atom is -0.496 e. The molecule has 1 aromatic rings. The quantitative estimate of drug-likeness (QED) is 0.809. The zero-order valence-electron chi connectivity index (χ0n) is 11.2. The summed E-state index contributed by atoms with van der Waals surface area (Å²) in [4.78, 5) is 11.5. The zero-order valence-corrected chi connectivity index (χ0v) is 11.2. The number of rotatable bonds is 6. The fraction of sp³-hybridized carbons (Fsp3) is 0.500. The predicted octanol–water partition coefficient (Wildman–Crippen LogP) is 1.70. The Morgan fingerprint density at radius 2 is 2.11 bits per heavy atom. The number of benzene rings is 1. The molecule has 1 rings (SSSR count). The topological polar surface area (TPSA) is 58.6 Å². The Morgan fingerprint density at radius 3 is 2.72 bits per heavy atom. The fourth-order valence-corrected chi connectivity index (χ4v) is 1.88. The zero-order chi connectivity index (χ0) is 13.5. The lowest BCUT2D eigenvalue weighted by Gasteiger charge is -2.13. The summed E-state index contributed by atoms with van der Waals surface area (Å²) < 4.78 is 5.33. The lowest BCUT2D eigenvalue weighted by atomic mass is 10.0. The molecule has 0 bridgehead atoms. The maximum atomic E-state index is 11.5. The largest absolute Gasteiger partial charge is 0.496 e. The molecule has 0 aliphatic carbocycles. The summed E-state index contributed by atoms with van der Waals surface area (Å²) in [6, 6.07) is 4.03. The second-order valence-corrected chi connectivity index (χ2v) is 4.37. The molecule has 0 radical (unpaired) electrons. The van der Waals surface area contributed by atoms with Gasteiger partial charge < -0.3 is 15.2 Å². The van der Waals surface area contributed by atoms with Gasteiger partial charge >= 0.3 is 0 Å². The van der Waals surface area contributed by atoms with Crippen molar-refractivity contribution in [1.29, 1.82) is 0 Å². The molecule has 2 N–H and O–H groups in total. The summed E-state index contributed by atoms with van der Waals surface area (Å²) in [6.45, 7) is 4.52. The molecule has 0 aliphatic heterocycles. The first kappa shape index (κ1) is 14.5. The number of aryl methyl sites for hydroxylation is 2. The van der Waals surface area contributed by atoms with Crippen LogP contribution in [-0.4, -0.2) is 24.7 Å². The van der Waals surface area contributed by atoms with E-state index in [1.807, 2.05) is 19.9 Å². The number of nitrogens with one attached hydrogen (secondary N) is 1. The van der Waals surface area contributed by atoms with Gasteiger partial charge in [-0.25, -0.2) is 0 Å². The molecule has 100 valence electrons. The minimum atomic E-state index is -0.0499. The standard InChI is InChI=1S/C14H21NO3/c1-10-7-11(2)12(13(8-10)18-3)9-15-14(17)5-4-6-16/h7-8,16H,4-6,9H2,1-3H3,(H,15,17). The van der Waals surface area contributed by atoms with Crippen molar-refractivity contribution >= 4 is 5.91 Å². The number of ether oxygens (including phenoxy) is 1. The molecule has 0 heterocycles. The summed E-state index contributed by atoms with van der Waals surface area (Å²) in [5, 5.41) is 11.5. The van der Waals surface area contributed by atoms with Crippen LogP contribution in [0.25, 0.3) is 0 Å². The second kappa shape index (κ2) is 7.01. The number of aliphatic hydroxyl groups is 1. The van der Waals surface area contributed by atoms with E-state index in [9.17, 15) is 4.79 Å². The molecule has 0 fully saturated rings. The molecule has 0 atom stereocenters. The van der Waals surface area contributed by atoms with E-state index in [1.165, 1.54) is 0 Å². The van der Waals surface area contributed by atoms with Gasteiger partial charge in [0.15, 0.2) is 0 Å². The van der Waals surface area contributed by atoms with E-state index in [1.54, 1.807) is 7.11 Å². The van der Waals surface area contributed by atoms with Crippen molar-refractivity contribution in [2.45, 2.75) is 33.2 Å². The van der Waals surface area contributed by atoms with Crippen molar-refractivity contribution in [3.05, 3.63) is 28.8 Å². The summed E-state index contributed by atoms with van der Waals surface area (Å²) in [5.74, 6) is 0.751. The Kier molecular flexibility index (Phi) is 5.65. The lowest BCUT2D eigenvalue weighted by molar-refractivity contribution is -0.121. The molecule has 0 unspecified atom stereocenters. The average Bonchev–Trinajstić information content (AvgIpc) is 2.34. The van der Waals surface area contributed by atoms with Crippen molar-refractivity contribution < 1.29 is 14.6 Å².